The van der Waals surface area contributed by atoms with Gasteiger partial charge >= 0.3 is 11.9 Å². The van der Waals surface area contributed by atoms with Crippen LogP contribution < -0.4 is 4.74 Å². The highest BCUT2D eigenvalue weighted by molar-refractivity contribution is 5.88. The average Bonchev–Trinajstić information content (AvgIpc) is 2.93. The third-order valence-electron chi connectivity index (χ3n) is 4.08. The van der Waals surface area contributed by atoms with Crippen LogP contribution in [0.2, 0.25) is 0 Å². The minimum absolute atomic E-state index is 0.00772. The molecule has 2 N–H and O–H groups in total. The molecule has 2 heterocycles. The lowest BCUT2D eigenvalue weighted by Crippen LogP contribution is -2.27. The van der Waals surface area contributed by atoms with Crippen molar-refractivity contribution in [1.29, 1.82) is 0 Å². The van der Waals surface area contributed by atoms with Gasteiger partial charge in [-0.3, -0.25) is 4.79 Å². The average molecular weight is 316 g/mol. The van der Waals surface area contributed by atoms with Crippen molar-refractivity contribution in [2.24, 2.45) is 5.92 Å². The van der Waals surface area contributed by atoms with Crippen LogP contribution in [0.25, 0.3) is 11.4 Å². The Bertz CT molecular complexity index is 781. The zero-order valence-corrected chi connectivity index (χ0v) is 12.5. The van der Waals surface area contributed by atoms with Gasteiger partial charge in [-0.25, -0.2) is 9.78 Å². The maximum atomic E-state index is 11.4. The summed E-state index contributed by atoms with van der Waals surface area (Å²) in [7, 11) is 1.54. The summed E-state index contributed by atoms with van der Waals surface area (Å²) in [6, 6.07) is 7.12. The molecule has 0 amide bonds. The Morgan fingerprint density at radius 1 is 1.35 bits per heavy atom. The maximum absolute atomic E-state index is 11.4. The van der Waals surface area contributed by atoms with E-state index < -0.39 is 17.9 Å². The molecule has 7 heteroatoms. The van der Waals surface area contributed by atoms with Crippen LogP contribution in [0.5, 0.6) is 5.75 Å². The number of aromatic carboxylic acids is 1. The minimum Gasteiger partial charge on any atom is -0.497 e. The quantitative estimate of drug-likeness (QED) is 0.893. The number of aliphatic carboxylic acids is 1. The fourth-order valence-corrected chi connectivity index (χ4v) is 2.91. The van der Waals surface area contributed by atoms with Crippen LogP contribution in [0.3, 0.4) is 0 Å². The molecule has 1 unspecified atom stereocenters. The van der Waals surface area contributed by atoms with E-state index in [1.165, 1.54) is 0 Å². The molecular weight excluding hydrogens is 300 g/mol. The Labute approximate surface area is 132 Å². The minimum atomic E-state index is -1.10. The zero-order chi connectivity index (χ0) is 16.6. The molecule has 1 atom stereocenters. The first-order chi connectivity index (χ1) is 11.0. The summed E-state index contributed by atoms with van der Waals surface area (Å²) in [4.78, 5) is 27.0. The Morgan fingerprint density at radius 2 is 2.13 bits per heavy atom. The SMILES string of the molecule is COc1cccc(-c2nc(C(=O)O)c3n2CC(C(=O)O)CC3)c1. The lowest BCUT2D eigenvalue weighted by Gasteiger charge is -2.22. The number of ether oxygens (including phenoxy) is 1. The second-order valence-electron chi connectivity index (χ2n) is 5.45. The highest BCUT2D eigenvalue weighted by Gasteiger charge is 2.31. The maximum Gasteiger partial charge on any atom is 0.356 e. The van der Waals surface area contributed by atoms with Gasteiger partial charge in [0.05, 0.1) is 18.7 Å². The molecule has 0 spiro atoms. The number of imidazole rings is 1. The summed E-state index contributed by atoms with van der Waals surface area (Å²) in [5.74, 6) is -1.43. The number of rotatable bonds is 4. The number of hydrogen-bond acceptors (Lipinski definition) is 4. The van der Waals surface area contributed by atoms with Gasteiger partial charge in [-0.2, -0.15) is 0 Å². The van der Waals surface area contributed by atoms with E-state index in [4.69, 9.17) is 4.74 Å². The monoisotopic (exact) mass is 316 g/mol. The molecule has 3 rings (SSSR count). The molecule has 7 nitrogen and oxygen atoms in total. The number of aromatic nitrogens is 2. The summed E-state index contributed by atoms with van der Waals surface area (Å²) < 4.78 is 6.90. The van der Waals surface area contributed by atoms with E-state index in [9.17, 15) is 19.8 Å². The molecule has 0 radical (unpaired) electrons. The van der Waals surface area contributed by atoms with Crippen molar-refractivity contribution < 1.29 is 24.5 Å². The Kier molecular flexibility index (Phi) is 3.77. The second kappa shape index (κ2) is 5.75. The largest absolute Gasteiger partial charge is 0.497 e. The van der Waals surface area contributed by atoms with Gasteiger partial charge in [0.2, 0.25) is 0 Å². The molecule has 0 aliphatic carbocycles. The van der Waals surface area contributed by atoms with E-state index in [-0.39, 0.29) is 12.2 Å². The van der Waals surface area contributed by atoms with Crippen molar-refractivity contribution in [3.63, 3.8) is 0 Å². The van der Waals surface area contributed by atoms with Gasteiger partial charge in [0, 0.05) is 12.1 Å². The number of fused-ring (bicyclic) bond motifs is 1. The first-order valence-corrected chi connectivity index (χ1v) is 7.21. The number of methoxy groups -OCH3 is 1. The van der Waals surface area contributed by atoms with Crippen molar-refractivity contribution in [2.75, 3.05) is 7.11 Å². The summed E-state index contributed by atoms with van der Waals surface area (Å²) in [5, 5.41) is 18.6. The highest BCUT2D eigenvalue weighted by atomic mass is 16.5. The Morgan fingerprint density at radius 3 is 2.78 bits per heavy atom. The van der Waals surface area contributed by atoms with Gasteiger partial charge in [0.15, 0.2) is 5.69 Å². The van der Waals surface area contributed by atoms with E-state index in [1.54, 1.807) is 35.9 Å². The molecule has 1 aliphatic rings. The predicted molar refractivity (Wildman–Crippen MR) is 80.6 cm³/mol. The van der Waals surface area contributed by atoms with Gasteiger partial charge in [-0.15, -0.1) is 0 Å². The molecule has 0 saturated carbocycles. The van der Waals surface area contributed by atoms with E-state index in [2.05, 4.69) is 4.98 Å². The molecule has 23 heavy (non-hydrogen) atoms. The zero-order valence-electron chi connectivity index (χ0n) is 12.5. The number of carbonyl (C=O) groups is 2. The third kappa shape index (κ3) is 2.65. The smallest absolute Gasteiger partial charge is 0.356 e. The first kappa shape index (κ1) is 15.1. The number of carboxylic acid groups (broad SMARTS) is 2. The molecule has 1 aromatic carbocycles. The molecule has 0 fully saturated rings. The predicted octanol–water partition coefficient (Wildman–Crippen LogP) is 1.90. The van der Waals surface area contributed by atoms with Crippen molar-refractivity contribution >= 4 is 11.9 Å². The Balaban J connectivity index is 2.13. The first-order valence-electron chi connectivity index (χ1n) is 7.21. The molecule has 120 valence electrons. The van der Waals surface area contributed by atoms with Crippen molar-refractivity contribution in [1.82, 2.24) is 9.55 Å². The van der Waals surface area contributed by atoms with Crippen LogP contribution in [0.15, 0.2) is 24.3 Å². The number of nitrogens with zero attached hydrogens (tertiary/aromatic N) is 2. The van der Waals surface area contributed by atoms with Crippen molar-refractivity contribution in [3.05, 3.63) is 35.7 Å². The van der Waals surface area contributed by atoms with Gasteiger partial charge in [-0.1, -0.05) is 12.1 Å². The van der Waals surface area contributed by atoms with Gasteiger partial charge in [-0.05, 0) is 25.0 Å². The summed E-state index contributed by atoms with van der Waals surface area (Å²) in [6.45, 7) is 0.220. The highest BCUT2D eigenvalue weighted by Crippen LogP contribution is 2.31. The normalized spacial score (nSPS) is 16.7. The molecular formula is C16H16N2O5. The lowest BCUT2D eigenvalue weighted by molar-refractivity contribution is -0.142. The number of benzene rings is 1. The molecule has 2 aromatic rings. The molecule has 1 aromatic heterocycles. The fourth-order valence-electron chi connectivity index (χ4n) is 2.91. The lowest BCUT2D eigenvalue weighted by atomic mass is 9.97. The number of hydrogen-bond donors (Lipinski definition) is 2. The van der Waals surface area contributed by atoms with Gasteiger partial charge in [0.1, 0.15) is 11.6 Å². The second-order valence-corrected chi connectivity index (χ2v) is 5.45. The van der Waals surface area contributed by atoms with E-state index in [0.29, 0.717) is 35.7 Å². The summed E-state index contributed by atoms with van der Waals surface area (Å²) in [5.41, 5.74) is 1.27. The van der Waals surface area contributed by atoms with E-state index in [0.717, 1.165) is 0 Å². The third-order valence-corrected chi connectivity index (χ3v) is 4.08. The van der Waals surface area contributed by atoms with Crippen LogP contribution in [0.1, 0.15) is 22.6 Å². The van der Waals surface area contributed by atoms with Crippen molar-refractivity contribution in [2.45, 2.75) is 19.4 Å². The topological polar surface area (TPSA) is 102 Å². The van der Waals surface area contributed by atoms with Gasteiger partial charge < -0.3 is 19.5 Å². The van der Waals surface area contributed by atoms with Crippen molar-refractivity contribution in [3.8, 4) is 17.1 Å². The van der Waals surface area contributed by atoms with Crippen LogP contribution in [0, 0.1) is 5.92 Å². The van der Waals surface area contributed by atoms with E-state index in [1.807, 2.05) is 0 Å². The van der Waals surface area contributed by atoms with Crippen LogP contribution in [-0.4, -0.2) is 38.8 Å². The van der Waals surface area contributed by atoms with E-state index >= 15 is 0 Å². The van der Waals surface area contributed by atoms with Gasteiger partial charge in [0.25, 0.3) is 0 Å². The molecule has 1 aliphatic heterocycles. The Hall–Kier alpha value is -2.83. The van der Waals surface area contributed by atoms with Crippen LogP contribution in [0.4, 0.5) is 0 Å². The summed E-state index contributed by atoms with van der Waals surface area (Å²) in [6.07, 6.45) is 0.800. The fraction of sp³-hybridized carbons (Fsp3) is 0.312. The number of carboxylic acids is 2. The summed E-state index contributed by atoms with van der Waals surface area (Å²) >= 11 is 0. The van der Waals surface area contributed by atoms with Crippen LogP contribution >= 0.6 is 0 Å². The standard InChI is InChI=1S/C16H16N2O5/c1-23-11-4-2-3-9(7-11)14-17-13(16(21)22)12-6-5-10(15(19)20)8-18(12)14/h2-4,7,10H,5-6,8H2,1H3,(H,19,20)(H,21,22). The molecule has 0 saturated heterocycles. The molecule has 0 bridgehead atoms. The van der Waals surface area contributed by atoms with Crippen LogP contribution in [-0.2, 0) is 17.8 Å².